The number of hydrogen-bond donors (Lipinski definition) is 2. The second-order valence-electron chi connectivity index (χ2n) is 8.25. The molecule has 170 valence electrons. The summed E-state index contributed by atoms with van der Waals surface area (Å²) >= 11 is 0. The third-order valence-corrected chi connectivity index (χ3v) is 5.98. The van der Waals surface area contributed by atoms with Crippen molar-refractivity contribution in [2.24, 2.45) is 0 Å². The number of hydrogen-bond acceptors (Lipinski definition) is 9. The maximum atomic E-state index is 14.5. The van der Waals surface area contributed by atoms with E-state index in [1.807, 2.05) is 12.1 Å². The van der Waals surface area contributed by atoms with Gasteiger partial charge in [0, 0.05) is 35.9 Å². The van der Waals surface area contributed by atoms with E-state index in [1.165, 1.54) is 6.20 Å². The van der Waals surface area contributed by atoms with Crippen LogP contribution in [0, 0.1) is 12.7 Å². The Balaban J connectivity index is 1.56. The normalized spacial score (nSPS) is 21.4. The molecule has 10 nitrogen and oxygen atoms in total. The van der Waals surface area contributed by atoms with Gasteiger partial charge in [-0.1, -0.05) is 0 Å². The topological polar surface area (TPSA) is 106 Å². The van der Waals surface area contributed by atoms with E-state index in [0.29, 0.717) is 35.0 Å². The summed E-state index contributed by atoms with van der Waals surface area (Å²) in [4.78, 5) is 10.8. The van der Waals surface area contributed by atoms with Crippen LogP contribution in [0.5, 0.6) is 5.75 Å². The van der Waals surface area contributed by atoms with E-state index >= 15 is 0 Å². The maximum absolute atomic E-state index is 14.5. The first kappa shape index (κ1) is 21.9. The first-order chi connectivity index (χ1) is 15.3. The Bertz CT molecular complexity index is 1080. The Morgan fingerprint density at radius 1 is 1.16 bits per heavy atom. The van der Waals surface area contributed by atoms with Crippen LogP contribution < -0.4 is 15.4 Å². The van der Waals surface area contributed by atoms with E-state index < -0.39 is 5.82 Å². The fourth-order valence-electron chi connectivity index (χ4n) is 4.02. The standard InChI is InChI=1S/C21H28FN9O/c1-12-6-15(7-13(2)30(12)4)24-20-19(22)11-23-21(26-20)25-16-8-17(10-18(9-16)32-5)31-14(3)27-28-29-31/h8-13,15H,6-7H2,1-5H3,(H2,23,24,25,26). The van der Waals surface area contributed by atoms with Crippen LogP contribution in [0.25, 0.3) is 5.69 Å². The highest BCUT2D eigenvalue weighted by molar-refractivity contribution is 5.62. The van der Waals surface area contributed by atoms with E-state index in [1.54, 1.807) is 24.8 Å². The molecule has 2 aromatic heterocycles. The lowest BCUT2D eigenvalue weighted by Crippen LogP contribution is -2.48. The van der Waals surface area contributed by atoms with Gasteiger partial charge in [0.05, 0.1) is 19.0 Å². The maximum Gasteiger partial charge on any atom is 0.229 e. The molecule has 2 N–H and O–H groups in total. The average Bonchev–Trinajstić information content (AvgIpc) is 3.20. The minimum atomic E-state index is -0.481. The number of benzene rings is 1. The molecule has 2 unspecified atom stereocenters. The summed E-state index contributed by atoms with van der Waals surface area (Å²) in [6.07, 6.45) is 3.00. The van der Waals surface area contributed by atoms with Crippen molar-refractivity contribution in [1.82, 2.24) is 35.1 Å². The molecule has 1 saturated heterocycles. The van der Waals surface area contributed by atoms with Crippen LogP contribution in [-0.4, -0.2) is 67.4 Å². The molecule has 32 heavy (non-hydrogen) atoms. The molecule has 3 heterocycles. The quantitative estimate of drug-likeness (QED) is 0.597. The largest absolute Gasteiger partial charge is 0.497 e. The summed E-state index contributed by atoms with van der Waals surface area (Å²) in [5.74, 6) is 1.22. The number of halogens is 1. The lowest BCUT2D eigenvalue weighted by molar-refractivity contribution is 0.129. The van der Waals surface area contributed by atoms with Crippen molar-refractivity contribution in [1.29, 1.82) is 0 Å². The smallest absolute Gasteiger partial charge is 0.229 e. The van der Waals surface area contributed by atoms with E-state index in [2.05, 4.69) is 61.9 Å². The summed E-state index contributed by atoms with van der Waals surface area (Å²) < 4.78 is 21.5. The van der Waals surface area contributed by atoms with Crippen LogP contribution in [0.15, 0.2) is 24.4 Å². The van der Waals surface area contributed by atoms with Gasteiger partial charge >= 0.3 is 0 Å². The number of nitrogens with one attached hydrogen (secondary N) is 2. The van der Waals surface area contributed by atoms with Crippen LogP contribution in [0.3, 0.4) is 0 Å². The Labute approximate surface area is 186 Å². The molecule has 0 saturated carbocycles. The zero-order valence-electron chi connectivity index (χ0n) is 18.9. The predicted molar refractivity (Wildman–Crippen MR) is 119 cm³/mol. The summed E-state index contributed by atoms with van der Waals surface area (Å²) in [5.41, 5.74) is 1.37. The van der Waals surface area contributed by atoms with Gasteiger partial charge < -0.3 is 20.3 Å². The number of aryl methyl sites for hydroxylation is 1. The summed E-state index contributed by atoms with van der Waals surface area (Å²) in [5, 5.41) is 18.0. The highest BCUT2D eigenvalue weighted by Crippen LogP contribution is 2.27. The Morgan fingerprint density at radius 3 is 2.56 bits per heavy atom. The Hall–Kier alpha value is -3.34. The fourth-order valence-corrected chi connectivity index (χ4v) is 4.02. The molecular weight excluding hydrogens is 413 g/mol. The van der Waals surface area contributed by atoms with Gasteiger partial charge in [0.1, 0.15) is 5.75 Å². The Kier molecular flexibility index (Phi) is 6.17. The molecule has 0 bridgehead atoms. The molecule has 1 aliphatic heterocycles. The van der Waals surface area contributed by atoms with Crippen molar-refractivity contribution in [2.45, 2.75) is 51.7 Å². The summed E-state index contributed by atoms with van der Waals surface area (Å²) in [6, 6.07) is 6.40. The van der Waals surface area contributed by atoms with Gasteiger partial charge in [0.15, 0.2) is 17.5 Å². The van der Waals surface area contributed by atoms with Gasteiger partial charge in [-0.2, -0.15) is 9.67 Å². The molecule has 0 aliphatic carbocycles. The predicted octanol–water partition coefficient (Wildman–Crippen LogP) is 2.94. The van der Waals surface area contributed by atoms with E-state index in [0.717, 1.165) is 12.8 Å². The van der Waals surface area contributed by atoms with Gasteiger partial charge in [-0.15, -0.1) is 5.10 Å². The molecule has 11 heteroatoms. The van der Waals surface area contributed by atoms with Gasteiger partial charge in [-0.3, -0.25) is 0 Å². The Morgan fingerprint density at radius 2 is 1.91 bits per heavy atom. The summed E-state index contributed by atoms with van der Waals surface area (Å²) in [7, 11) is 3.70. The summed E-state index contributed by atoms with van der Waals surface area (Å²) in [6.45, 7) is 6.17. The molecule has 0 radical (unpaired) electrons. The van der Waals surface area contributed by atoms with Crippen molar-refractivity contribution >= 4 is 17.5 Å². The molecule has 1 fully saturated rings. The zero-order chi connectivity index (χ0) is 22.8. The van der Waals surface area contributed by atoms with E-state index in [4.69, 9.17) is 4.74 Å². The first-order valence-corrected chi connectivity index (χ1v) is 10.6. The molecule has 3 aromatic rings. The number of methoxy groups -OCH3 is 1. The van der Waals surface area contributed by atoms with Crippen LogP contribution in [-0.2, 0) is 0 Å². The van der Waals surface area contributed by atoms with Crippen molar-refractivity contribution in [3.05, 3.63) is 36.0 Å². The lowest BCUT2D eigenvalue weighted by atomic mass is 9.93. The molecule has 4 rings (SSSR count). The van der Waals surface area contributed by atoms with Gasteiger partial charge in [-0.05, 0) is 57.2 Å². The van der Waals surface area contributed by atoms with Crippen molar-refractivity contribution in [2.75, 3.05) is 24.8 Å². The third kappa shape index (κ3) is 4.62. The van der Waals surface area contributed by atoms with Crippen LogP contribution in [0.1, 0.15) is 32.5 Å². The second-order valence-corrected chi connectivity index (χ2v) is 8.25. The van der Waals surface area contributed by atoms with Gasteiger partial charge in [-0.25, -0.2) is 9.37 Å². The second kappa shape index (κ2) is 9.03. The number of likely N-dealkylation sites (tertiary alicyclic amines) is 1. The molecule has 0 amide bonds. The highest BCUT2D eigenvalue weighted by Gasteiger charge is 2.29. The van der Waals surface area contributed by atoms with Crippen molar-refractivity contribution in [3.8, 4) is 11.4 Å². The van der Waals surface area contributed by atoms with Crippen LogP contribution in [0.4, 0.5) is 21.8 Å². The number of ether oxygens (including phenoxy) is 1. The van der Waals surface area contributed by atoms with Crippen LogP contribution in [0.2, 0.25) is 0 Å². The number of piperidine rings is 1. The molecule has 0 spiro atoms. The first-order valence-electron chi connectivity index (χ1n) is 10.6. The molecule has 2 atom stereocenters. The third-order valence-electron chi connectivity index (χ3n) is 5.98. The number of aromatic nitrogens is 6. The van der Waals surface area contributed by atoms with Crippen LogP contribution >= 0.6 is 0 Å². The minimum Gasteiger partial charge on any atom is -0.497 e. The number of anilines is 3. The van der Waals surface area contributed by atoms with Gasteiger partial charge in [0.2, 0.25) is 5.95 Å². The zero-order valence-corrected chi connectivity index (χ0v) is 18.9. The molecular formula is C21H28FN9O. The van der Waals surface area contributed by atoms with Crippen molar-refractivity contribution in [3.63, 3.8) is 0 Å². The monoisotopic (exact) mass is 441 g/mol. The van der Waals surface area contributed by atoms with E-state index in [-0.39, 0.29) is 17.8 Å². The molecule has 1 aromatic carbocycles. The molecule has 1 aliphatic rings. The lowest BCUT2D eigenvalue weighted by Gasteiger charge is -2.40. The fraction of sp³-hybridized carbons (Fsp3) is 0.476. The van der Waals surface area contributed by atoms with Gasteiger partial charge in [0.25, 0.3) is 0 Å². The highest BCUT2D eigenvalue weighted by atomic mass is 19.1. The van der Waals surface area contributed by atoms with E-state index in [9.17, 15) is 4.39 Å². The number of nitrogens with zero attached hydrogens (tertiary/aromatic N) is 7. The number of tetrazole rings is 1. The minimum absolute atomic E-state index is 0.139. The van der Waals surface area contributed by atoms with Crippen molar-refractivity contribution < 1.29 is 9.13 Å². The SMILES string of the molecule is COc1cc(Nc2ncc(F)c(NC3CC(C)N(C)C(C)C3)n2)cc(-n2nnnc2C)c1. The number of rotatable bonds is 6. The average molecular weight is 442 g/mol.